The Balaban J connectivity index is 5.28. The molecule has 0 aliphatic carbocycles. The predicted octanol–water partition coefficient (Wildman–Crippen LogP) is 1.16. The number of nitrogens with two attached hydrogens (primary N) is 1. The molecule has 0 heterocycles. The topological polar surface area (TPSA) is 63.4 Å². The lowest BCUT2D eigenvalue weighted by Crippen LogP contribution is -2.63. The van der Waals surface area contributed by atoms with Crippen LogP contribution in [0, 0.1) is 0 Å². The molecule has 0 aliphatic heterocycles. The minimum atomic E-state index is -3.52. The van der Waals surface area contributed by atoms with Crippen molar-refractivity contribution in [1.82, 2.24) is 3.64 Å². The quantitative estimate of drug-likeness (QED) is 0.753. The molecule has 0 unspecified atom stereocenters. The van der Waals surface area contributed by atoms with Crippen LogP contribution in [0.1, 0.15) is 0 Å². The van der Waals surface area contributed by atoms with Crippen molar-refractivity contribution in [3.8, 4) is 0 Å². The third kappa shape index (κ3) is 3.90. The van der Waals surface area contributed by atoms with Crippen LogP contribution in [0.2, 0.25) is 39.3 Å². The van der Waals surface area contributed by atoms with Gasteiger partial charge in [-0.1, -0.05) is 39.3 Å². The molecule has 0 bridgehead atoms. The van der Waals surface area contributed by atoms with E-state index in [4.69, 9.17) is 5.14 Å². The van der Waals surface area contributed by atoms with E-state index in [1.165, 1.54) is 0 Å². The van der Waals surface area contributed by atoms with Crippen LogP contribution in [-0.4, -0.2) is 28.5 Å². The average Bonchev–Trinajstić information content (AvgIpc) is 1.44. The molecule has 80 valence electrons. The van der Waals surface area contributed by atoms with Gasteiger partial charge in [0.15, 0.2) is 0 Å². The maximum absolute atomic E-state index is 11.4. The van der Waals surface area contributed by atoms with Crippen molar-refractivity contribution in [3.05, 3.63) is 0 Å². The fourth-order valence-corrected chi connectivity index (χ4v) is 15.9. The second-order valence-electron chi connectivity index (χ2n) is 5.15. The summed E-state index contributed by atoms with van der Waals surface area (Å²) in [6.45, 7) is 12.0. The Kier molecular flexibility index (Phi) is 3.54. The molecule has 0 aromatic heterocycles. The second kappa shape index (κ2) is 3.46. The van der Waals surface area contributed by atoms with Gasteiger partial charge >= 0.3 is 0 Å². The highest BCUT2D eigenvalue weighted by atomic mass is 32.2. The van der Waals surface area contributed by atoms with Gasteiger partial charge in [0.1, 0.15) is 16.5 Å². The first-order valence-electron chi connectivity index (χ1n) is 4.20. The second-order valence-corrected chi connectivity index (χ2v) is 17.2. The maximum Gasteiger partial charge on any atom is 0.264 e. The summed E-state index contributed by atoms with van der Waals surface area (Å²) < 4.78 is 24.4. The molecule has 0 aliphatic rings. The van der Waals surface area contributed by atoms with Crippen molar-refractivity contribution < 1.29 is 8.42 Å². The molecule has 0 fully saturated rings. The molecular weight excluding hydrogens is 220 g/mol. The largest absolute Gasteiger partial charge is 0.264 e. The van der Waals surface area contributed by atoms with Crippen LogP contribution in [0.25, 0.3) is 0 Å². The maximum atomic E-state index is 11.4. The lowest BCUT2D eigenvalue weighted by atomic mass is 11.8. The number of rotatable bonds is 3. The van der Waals surface area contributed by atoms with Crippen molar-refractivity contribution in [2.75, 3.05) is 0 Å². The molecular formula is C6H20N2O2SSi2. The molecule has 0 atom stereocenters. The van der Waals surface area contributed by atoms with Crippen molar-refractivity contribution in [2.24, 2.45) is 5.14 Å². The standard InChI is InChI=1S/C6H20N2O2SSi2/c1-12(2,3)8(11(7,9)10)13(4,5)6/h1-6H3,(H2,7,9,10). The summed E-state index contributed by atoms with van der Waals surface area (Å²) in [6, 6.07) is 0. The smallest absolute Gasteiger partial charge is 0.235 e. The first-order valence-corrected chi connectivity index (χ1v) is 12.6. The van der Waals surface area contributed by atoms with Crippen LogP contribution < -0.4 is 5.14 Å². The third-order valence-electron chi connectivity index (χ3n) is 1.47. The van der Waals surface area contributed by atoms with Crippen molar-refractivity contribution in [1.29, 1.82) is 0 Å². The molecule has 7 heteroatoms. The summed E-state index contributed by atoms with van der Waals surface area (Å²) in [5, 5.41) is 5.22. The van der Waals surface area contributed by atoms with E-state index in [2.05, 4.69) is 0 Å². The third-order valence-corrected chi connectivity index (χ3v) is 13.3. The van der Waals surface area contributed by atoms with Crippen molar-refractivity contribution in [3.63, 3.8) is 0 Å². The summed E-state index contributed by atoms with van der Waals surface area (Å²) in [4.78, 5) is 0. The van der Waals surface area contributed by atoms with Gasteiger partial charge in [0, 0.05) is 0 Å². The zero-order valence-electron chi connectivity index (χ0n) is 9.25. The lowest BCUT2D eigenvalue weighted by Gasteiger charge is -2.40. The highest BCUT2D eigenvalue weighted by Crippen LogP contribution is 2.21. The van der Waals surface area contributed by atoms with Gasteiger partial charge in [-0.3, -0.25) is 0 Å². The minimum absolute atomic E-state index is 1.59. The van der Waals surface area contributed by atoms with Crippen molar-refractivity contribution >= 4 is 26.7 Å². The Labute approximate surface area is 83.5 Å². The first kappa shape index (κ1) is 13.3. The van der Waals surface area contributed by atoms with Crippen LogP contribution in [0.15, 0.2) is 0 Å². The zero-order chi connectivity index (χ0) is 11.1. The fraction of sp³-hybridized carbons (Fsp3) is 1.00. The van der Waals surface area contributed by atoms with E-state index in [0.29, 0.717) is 0 Å². The molecule has 2 N–H and O–H groups in total. The molecule has 0 aromatic rings. The highest BCUT2D eigenvalue weighted by Gasteiger charge is 2.41. The molecule has 0 saturated carbocycles. The van der Waals surface area contributed by atoms with Crippen LogP contribution >= 0.6 is 0 Å². The Morgan fingerprint density at radius 2 is 1.15 bits per heavy atom. The molecule has 4 nitrogen and oxygen atoms in total. The van der Waals surface area contributed by atoms with E-state index in [1.54, 1.807) is 3.64 Å². The van der Waals surface area contributed by atoms with E-state index in [1.807, 2.05) is 39.3 Å². The Morgan fingerprint density at radius 3 is 1.15 bits per heavy atom. The van der Waals surface area contributed by atoms with E-state index >= 15 is 0 Å². The Hall–Kier alpha value is 0.304. The number of hydrogen-bond donors (Lipinski definition) is 1. The monoisotopic (exact) mass is 240 g/mol. The van der Waals surface area contributed by atoms with Crippen LogP contribution in [-0.2, 0) is 10.2 Å². The average molecular weight is 240 g/mol. The molecule has 0 saturated heterocycles. The van der Waals surface area contributed by atoms with Gasteiger partial charge in [0.05, 0.1) is 0 Å². The first-order chi connectivity index (χ1) is 5.37. The van der Waals surface area contributed by atoms with Gasteiger partial charge in [0.25, 0.3) is 10.2 Å². The molecule has 0 rings (SSSR count). The summed E-state index contributed by atoms with van der Waals surface area (Å²) in [5.74, 6) is 0. The summed E-state index contributed by atoms with van der Waals surface area (Å²) >= 11 is 0. The Bertz CT molecular complexity index is 262. The molecule has 0 spiro atoms. The van der Waals surface area contributed by atoms with Gasteiger partial charge in [-0.25, -0.2) is 8.78 Å². The summed E-state index contributed by atoms with van der Waals surface area (Å²) in [5.41, 5.74) is 0. The van der Waals surface area contributed by atoms with E-state index < -0.39 is 26.7 Å². The van der Waals surface area contributed by atoms with Gasteiger partial charge in [-0.05, 0) is 0 Å². The van der Waals surface area contributed by atoms with Gasteiger partial charge in [0.2, 0.25) is 0 Å². The fourth-order valence-electron chi connectivity index (χ4n) is 1.77. The van der Waals surface area contributed by atoms with Crippen LogP contribution in [0.4, 0.5) is 0 Å². The van der Waals surface area contributed by atoms with Crippen LogP contribution in [0.5, 0.6) is 0 Å². The van der Waals surface area contributed by atoms with E-state index in [0.717, 1.165) is 0 Å². The summed E-state index contributed by atoms with van der Waals surface area (Å²) in [7, 11) is -7.27. The van der Waals surface area contributed by atoms with E-state index in [9.17, 15) is 8.42 Å². The Morgan fingerprint density at radius 1 is 0.923 bits per heavy atom. The molecule has 13 heavy (non-hydrogen) atoms. The van der Waals surface area contributed by atoms with Crippen molar-refractivity contribution in [2.45, 2.75) is 39.3 Å². The number of hydrogen-bond acceptors (Lipinski definition) is 2. The lowest BCUT2D eigenvalue weighted by molar-refractivity contribution is 0.573. The zero-order valence-corrected chi connectivity index (χ0v) is 12.1. The van der Waals surface area contributed by atoms with E-state index in [-0.39, 0.29) is 0 Å². The highest BCUT2D eigenvalue weighted by molar-refractivity contribution is 7.89. The van der Waals surface area contributed by atoms with Gasteiger partial charge in [-0.2, -0.15) is 8.42 Å². The van der Waals surface area contributed by atoms with Crippen LogP contribution in [0.3, 0.4) is 0 Å². The predicted molar refractivity (Wildman–Crippen MR) is 61.6 cm³/mol. The normalized spacial score (nSPS) is 15.1. The van der Waals surface area contributed by atoms with Gasteiger partial charge < -0.3 is 0 Å². The number of nitrogens with zero attached hydrogens (tertiary/aromatic N) is 1. The minimum Gasteiger partial charge on any atom is -0.235 e. The van der Waals surface area contributed by atoms with Gasteiger partial charge in [-0.15, -0.1) is 0 Å². The SMILES string of the molecule is C[Si](C)(C)N([Si](C)(C)C)S(N)(=O)=O. The summed E-state index contributed by atoms with van der Waals surface area (Å²) in [6.07, 6.45) is 0. The molecule has 0 amide bonds. The molecule has 0 radical (unpaired) electrons. The molecule has 0 aromatic carbocycles.